The van der Waals surface area contributed by atoms with Crippen molar-refractivity contribution in [1.29, 1.82) is 0 Å². The smallest absolute Gasteiger partial charge is 0.425 e. The molecular formula is C19H20ClF4N7O4. The average Bonchev–Trinajstić information content (AvgIpc) is 3.27. The van der Waals surface area contributed by atoms with Crippen molar-refractivity contribution in [2.45, 2.75) is 52.6 Å². The second kappa shape index (κ2) is 10.0. The van der Waals surface area contributed by atoms with E-state index in [0.29, 0.717) is 29.8 Å². The van der Waals surface area contributed by atoms with Crippen LogP contribution in [0.25, 0.3) is 5.82 Å². The third kappa shape index (κ3) is 5.30. The fourth-order valence-electron chi connectivity index (χ4n) is 2.96. The number of aliphatic hydroxyl groups is 1. The summed E-state index contributed by atoms with van der Waals surface area (Å²) in [5.74, 6) is -4.21. The number of pyridine rings is 1. The van der Waals surface area contributed by atoms with E-state index in [2.05, 4.69) is 25.6 Å². The van der Waals surface area contributed by atoms with E-state index in [-0.39, 0.29) is 23.2 Å². The SMILES string of the molecule is CCCn1c(CO)nn(-c2nc(OC(C)C(F)(F)F)c(C(=O)Nc3c(Cl)n[nH]c3C)cc2F)c1=O. The first-order valence-electron chi connectivity index (χ1n) is 10.1. The number of nitrogens with one attached hydrogen (secondary N) is 2. The third-order valence-electron chi connectivity index (χ3n) is 4.79. The van der Waals surface area contributed by atoms with Gasteiger partial charge in [0.1, 0.15) is 17.9 Å². The van der Waals surface area contributed by atoms with Gasteiger partial charge in [0, 0.05) is 6.54 Å². The van der Waals surface area contributed by atoms with Gasteiger partial charge in [-0.1, -0.05) is 18.5 Å². The van der Waals surface area contributed by atoms with Gasteiger partial charge < -0.3 is 15.2 Å². The van der Waals surface area contributed by atoms with E-state index in [1.54, 1.807) is 6.92 Å². The van der Waals surface area contributed by atoms with Crippen LogP contribution in [0.1, 0.15) is 42.1 Å². The zero-order valence-electron chi connectivity index (χ0n) is 18.6. The van der Waals surface area contributed by atoms with Crippen LogP contribution in [0.4, 0.5) is 23.2 Å². The fourth-order valence-corrected chi connectivity index (χ4v) is 3.20. The highest BCUT2D eigenvalue weighted by atomic mass is 35.5. The van der Waals surface area contributed by atoms with Crippen LogP contribution < -0.4 is 15.7 Å². The van der Waals surface area contributed by atoms with Gasteiger partial charge in [0.15, 0.2) is 28.7 Å². The van der Waals surface area contributed by atoms with Crippen molar-refractivity contribution in [2.24, 2.45) is 0 Å². The molecule has 0 aliphatic heterocycles. The van der Waals surface area contributed by atoms with Crippen LogP contribution in [0.15, 0.2) is 10.9 Å². The molecule has 3 heterocycles. The largest absolute Gasteiger partial charge is 0.464 e. The first-order valence-corrected chi connectivity index (χ1v) is 10.5. The number of aromatic amines is 1. The number of hydrogen-bond donors (Lipinski definition) is 3. The minimum atomic E-state index is -4.85. The average molecular weight is 522 g/mol. The molecule has 0 saturated heterocycles. The predicted octanol–water partition coefficient (Wildman–Crippen LogP) is 2.74. The van der Waals surface area contributed by atoms with Gasteiger partial charge in [0.25, 0.3) is 5.91 Å². The maximum atomic E-state index is 15.1. The number of aliphatic hydroxyl groups excluding tert-OH is 1. The lowest BCUT2D eigenvalue weighted by Crippen LogP contribution is -2.33. The van der Waals surface area contributed by atoms with Crippen molar-refractivity contribution in [3.8, 4) is 11.7 Å². The van der Waals surface area contributed by atoms with E-state index in [0.717, 1.165) is 4.57 Å². The van der Waals surface area contributed by atoms with Crippen molar-refractivity contribution in [3.63, 3.8) is 0 Å². The molecule has 0 saturated carbocycles. The van der Waals surface area contributed by atoms with Crippen molar-refractivity contribution in [1.82, 2.24) is 29.5 Å². The van der Waals surface area contributed by atoms with Gasteiger partial charge >= 0.3 is 11.9 Å². The second-order valence-electron chi connectivity index (χ2n) is 7.34. The molecule has 0 radical (unpaired) electrons. The topological polar surface area (TPSA) is 140 Å². The molecule has 1 atom stereocenters. The number of hydrogen-bond acceptors (Lipinski definition) is 7. The molecule has 3 aromatic rings. The Balaban J connectivity index is 2.15. The van der Waals surface area contributed by atoms with E-state index in [4.69, 9.17) is 16.3 Å². The van der Waals surface area contributed by atoms with E-state index < -0.39 is 53.6 Å². The number of nitrogens with zero attached hydrogens (tertiary/aromatic N) is 5. The highest BCUT2D eigenvalue weighted by molar-refractivity contribution is 6.33. The van der Waals surface area contributed by atoms with Crippen LogP contribution in [0, 0.1) is 12.7 Å². The lowest BCUT2D eigenvalue weighted by atomic mass is 10.2. The lowest BCUT2D eigenvalue weighted by Gasteiger charge is -2.19. The Morgan fingerprint density at radius 2 is 2.09 bits per heavy atom. The number of carbonyl (C=O) groups is 1. The summed E-state index contributed by atoms with van der Waals surface area (Å²) in [4.78, 5) is 29.2. The molecule has 0 fully saturated rings. The van der Waals surface area contributed by atoms with Gasteiger partial charge in [-0.05, 0) is 26.3 Å². The molecule has 1 unspecified atom stereocenters. The Morgan fingerprint density at radius 1 is 1.40 bits per heavy atom. The van der Waals surface area contributed by atoms with E-state index in [1.807, 2.05) is 0 Å². The lowest BCUT2D eigenvalue weighted by molar-refractivity contribution is -0.190. The molecule has 190 valence electrons. The molecule has 35 heavy (non-hydrogen) atoms. The van der Waals surface area contributed by atoms with Crippen molar-refractivity contribution in [3.05, 3.63) is 44.6 Å². The fraction of sp³-hybridized carbons (Fsp3) is 0.421. The van der Waals surface area contributed by atoms with Crippen molar-refractivity contribution >= 4 is 23.2 Å². The quantitative estimate of drug-likeness (QED) is 0.387. The summed E-state index contributed by atoms with van der Waals surface area (Å²) < 4.78 is 61.0. The van der Waals surface area contributed by atoms with Gasteiger partial charge in [0.05, 0.1) is 5.69 Å². The summed E-state index contributed by atoms with van der Waals surface area (Å²) in [6.45, 7) is 3.39. The van der Waals surface area contributed by atoms with E-state index in [1.165, 1.54) is 6.92 Å². The van der Waals surface area contributed by atoms with Crippen LogP contribution in [-0.4, -0.2) is 52.8 Å². The van der Waals surface area contributed by atoms with E-state index in [9.17, 15) is 27.9 Å². The molecule has 3 aromatic heterocycles. The number of carbonyl (C=O) groups excluding carboxylic acids is 1. The Bertz CT molecular complexity index is 1280. The number of rotatable bonds is 8. The molecule has 11 nitrogen and oxygen atoms in total. The summed E-state index contributed by atoms with van der Waals surface area (Å²) in [7, 11) is 0. The van der Waals surface area contributed by atoms with Crippen molar-refractivity contribution in [2.75, 3.05) is 5.32 Å². The number of ether oxygens (including phenoxy) is 1. The number of aryl methyl sites for hydroxylation is 1. The maximum absolute atomic E-state index is 15.1. The first kappa shape index (κ1) is 26.2. The summed E-state index contributed by atoms with van der Waals surface area (Å²) in [5.41, 5.74) is -1.26. The maximum Gasteiger partial charge on any atom is 0.425 e. The molecular weight excluding hydrogens is 502 g/mol. The number of H-pyrrole nitrogens is 1. The van der Waals surface area contributed by atoms with Gasteiger partial charge in [-0.25, -0.2) is 9.18 Å². The molecule has 3 rings (SSSR count). The summed E-state index contributed by atoms with van der Waals surface area (Å²) in [6, 6.07) is 0.559. The van der Waals surface area contributed by atoms with Gasteiger partial charge in [-0.15, -0.1) is 5.10 Å². The molecule has 16 heteroatoms. The van der Waals surface area contributed by atoms with Gasteiger partial charge in [0.2, 0.25) is 5.88 Å². The minimum Gasteiger partial charge on any atom is -0.464 e. The molecule has 0 aliphatic rings. The molecule has 1 amide bonds. The monoisotopic (exact) mass is 521 g/mol. The normalized spacial score (nSPS) is 12.6. The molecule has 0 aromatic carbocycles. The molecule has 0 bridgehead atoms. The summed E-state index contributed by atoms with van der Waals surface area (Å²) >= 11 is 5.88. The highest BCUT2D eigenvalue weighted by Gasteiger charge is 2.39. The number of amides is 1. The predicted molar refractivity (Wildman–Crippen MR) is 114 cm³/mol. The molecule has 3 N–H and O–H groups in total. The Labute approximate surface area is 199 Å². The number of halogens is 5. The number of alkyl halides is 3. The Morgan fingerprint density at radius 3 is 2.63 bits per heavy atom. The van der Waals surface area contributed by atoms with Crippen LogP contribution in [0.3, 0.4) is 0 Å². The van der Waals surface area contributed by atoms with Crippen LogP contribution in [0.5, 0.6) is 5.88 Å². The van der Waals surface area contributed by atoms with Crippen LogP contribution >= 0.6 is 11.6 Å². The summed E-state index contributed by atoms with van der Waals surface area (Å²) in [5, 5.41) is 21.6. The molecule has 0 spiro atoms. The summed E-state index contributed by atoms with van der Waals surface area (Å²) in [6.07, 6.45) is -6.82. The van der Waals surface area contributed by atoms with Gasteiger partial charge in [-0.3, -0.25) is 14.5 Å². The highest BCUT2D eigenvalue weighted by Crippen LogP contribution is 2.29. The zero-order chi connectivity index (χ0) is 26.1. The number of aromatic nitrogens is 6. The van der Waals surface area contributed by atoms with Crippen LogP contribution in [-0.2, 0) is 13.2 Å². The minimum absolute atomic E-state index is 0.0121. The standard InChI is InChI=1S/C19H20ClF4N7O4/c1-4-5-30-12(7-32)29-31(18(30)34)15-11(21)6-10(17(26-15)35-9(3)19(22,23)24)16(33)25-13-8(2)27-28-14(13)20/h6,9,32H,4-5,7H2,1-3H3,(H,25,33)(H,27,28). The second-order valence-corrected chi connectivity index (χ2v) is 7.70. The third-order valence-corrected chi connectivity index (χ3v) is 5.06. The van der Waals surface area contributed by atoms with Gasteiger partial charge in [-0.2, -0.15) is 27.9 Å². The Hall–Kier alpha value is -3.46. The number of anilines is 1. The van der Waals surface area contributed by atoms with Crippen molar-refractivity contribution < 1.29 is 32.2 Å². The van der Waals surface area contributed by atoms with Crippen LogP contribution in [0.2, 0.25) is 5.15 Å². The molecule has 0 aliphatic carbocycles. The van der Waals surface area contributed by atoms with E-state index >= 15 is 4.39 Å². The zero-order valence-corrected chi connectivity index (χ0v) is 19.3. The first-order chi connectivity index (χ1) is 16.4. The Kier molecular flexibility index (Phi) is 7.50.